The Morgan fingerprint density at radius 2 is 1.95 bits per heavy atom. The lowest BCUT2D eigenvalue weighted by Crippen LogP contribution is -2.50. The second-order valence-corrected chi connectivity index (χ2v) is 12.1. The first kappa shape index (κ1) is 30.1. The van der Waals surface area contributed by atoms with Crippen molar-refractivity contribution < 1.29 is 42.9 Å². The summed E-state index contributed by atoms with van der Waals surface area (Å²) in [6.45, 7) is 1.14. The maximum atomic E-state index is 16.3. The minimum atomic E-state index is -4.66. The number of para-hydroxylation sites is 1. The Kier molecular flexibility index (Phi) is 8.69. The molecule has 4 rings (SSSR count). The van der Waals surface area contributed by atoms with Gasteiger partial charge in [0.2, 0.25) is 0 Å². The number of aliphatic carboxylic acids is 1. The van der Waals surface area contributed by atoms with Crippen molar-refractivity contribution in [3.05, 3.63) is 53.1 Å². The Balaban J connectivity index is 1.69. The monoisotopic (exact) mass is 584 g/mol. The lowest BCUT2D eigenvalue weighted by Gasteiger charge is -2.40. The maximum absolute atomic E-state index is 16.3. The van der Waals surface area contributed by atoms with Gasteiger partial charge in [-0.25, -0.2) is 13.8 Å². The van der Waals surface area contributed by atoms with Gasteiger partial charge in [-0.15, -0.1) is 0 Å². The number of carboxylic acid groups (broad SMARTS) is 1. The number of anilines is 1. The van der Waals surface area contributed by atoms with Crippen molar-refractivity contribution in [3.63, 3.8) is 0 Å². The second kappa shape index (κ2) is 11.6. The molecule has 2 aromatic rings. The molecule has 1 aromatic heterocycles. The molecule has 0 bridgehead atoms. The van der Waals surface area contributed by atoms with Crippen molar-refractivity contribution in [2.75, 3.05) is 12.3 Å². The summed E-state index contributed by atoms with van der Waals surface area (Å²) in [5, 5.41) is 31.6. The van der Waals surface area contributed by atoms with Crippen LogP contribution in [-0.4, -0.2) is 71.8 Å². The molecule has 0 amide bonds. The number of carbonyl (C=O) groups is 1. The second-order valence-electron chi connectivity index (χ2n) is 10.3. The summed E-state index contributed by atoms with van der Waals surface area (Å²) in [4.78, 5) is 28.0. The zero-order valence-corrected chi connectivity index (χ0v) is 23.0. The van der Waals surface area contributed by atoms with E-state index in [0.717, 1.165) is 41.6 Å². The first-order valence-electron chi connectivity index (χ1n) is 12.9. The number of aliphatic hydroxyl groups is 2. The third-order valence-electron chi connectivity index (χ3n) is 7.25. The average Bonchev–Trinajstić information content (AvgIpc) is 3.09. The van der Waals surface area contributed by atoms with Gasteiger partial charge in [-0.3, -0.25) is 13.9 Å². The predicted molar refractivity (Wildman–Crippen MR) is 140 cm³/mol. The van der Waals surface area contributed by atoms with Crippen LogP contribution in [0.3, 0.4) is 0 Å². The number of halogens is 1. The predicted octanol–water partition coefficient (Wildman–Crippen LogP) is 2.44. The molecule has 0 radical (unpaired) electrons. The van der Waals surface area contributed by atoms with Crippen molar-refractivity contribution in [1.29, 1.82) is 0 Å². The van der Waals surface area contributed by atoms with Gasteiger partial charge in [-0.2, -0.15) is 9.65 Å². The van der Waals surface area contributed by atoms with Crippen LogP contribution in [-0.2, 0) is 18.6 Å². The van der Waals surface area contributed by atoms with E-state index in [1.165, 1.54) is 25.1 Å². The van der Waals surface area contributed by atoms with E-state index in [9.17, 15) is 29.5 Å². The van der Waals surface area contributed by atoms with Crippen molar-refractivity contribution in [3.8, 4) is 5.75 Å². The molecule has 2 fully saturated rings. The topological polar surface area (TPSA) is 187 Å². The van der Waals surface area contributed by atoms with E-state index in [1.54, 1.807) is 18.2 Å². The van der Waals surface area contributed by atoms with Crippen LogP contribution < -0.4 is 15.9 Å². The Bertz CT molecular complexity index is 1310. The van der Waals surface area contributed by atoms with E-state index in [1.807, 2.05) is 0 Å². The molecule has 1 aliphatic heterocycles. The number of aliphatic hydroxyl groups excluding tert-OH is 1. The smallest absolute Gasteiger partial charge is 0.462 e. The molecule has 6 atom stereocenters. The highest BCUT2D eigenvalue weighted by Crippen LogP contribution is 2.57. The maximum Gasteiger partial charge on any atom is 0.462 e. The van der Waals surface area contributed by atoms with Crippen molar-refractivity contribution >= 4 is 19.5 Å². The molecule has 2 heterocycles. The van der Waals surface area contributed by atoms with Crippen molar-refractivity contribution in [2.24, 2.45) is 0 Å². The van der Waals surface area contributed by atoms with Gasteiger partial charge in [0, 0.05) is 12.2 Å². The molecular weight excluding hydrogens is 550 g/mol. The van der Waals surface area contributed by atoms with Gasteiger partial charge in [0.05, 0.1) is 0 Å². The molecule has 1 aliphatic carbocycles. The lowest BCUT2D eigenvalue weighted by molar-refractivity contribution is -0.204. The molecular formula is C25H34FN4O9P. The number of nitrogen functional groups attached to an aromatic ring is 1. The summed E-state index contributed by atoms with van der Waals surface area (Å²) in [5.41, 5.74) is 2.16. The molecule has 1 saturated heterocycles. The molecule has 1 aromatic carbocycles. The van der Waals surface area contributed by atoms with Gasteiger partial charge < -0.3 is 30.3 Å². The highest BCUT2D eigenvalue weighted by Gasteiger charge is 2.64. The number of rotatable bonds is 10. The first-order chi connectivity index (χ1) is 18.8. The van der Waals surface area contributed by atoms with E-state index in [2.05, 4.69) is 4.98 Å². The minimum Gasteiger partial charge on any atom is -0.480 e. The summed E-state index contributed by atoms with van der Waals surface area (Å²) in [6.07, 6.45) is 0.495. The molecule has 40 heavy (non-hydrogen) atoms. The van der Waals surface area contributed by atoms with E-state index < -0.39 is 61.9 Å². The van der Waals surface area contributed by atoms with Crippen LogP contribution in [0.2, 0.25) is 0 Å². The quantitative estimate of drug-likeness (QED) is 0.299. The van der Waals surface area contributed by atoms with Crippen LogP contribution in [0.25, 0.3) is 0 Å². The SMILES string of the molecule is C[C@@H](C(=O)O)N(C1CCCCC1)[P@@](=O)(OC[C@@]1(F)O[C@@H](n2ccc(N)nc2=O)[C@](C)(O)[C@@H]1O)Oc1ccccc1. The number of ether oxygens (including phenoxy) is 1. The third kappa shape index (κ3) is 5.92. The van der Waals surface area contributed by atoms with Crippen LogP contribution in [0.15, 0.2) is 47.4 Å². The average molecular weight is 585 g/mol. The Morgan fingerprint density at radius 1 is 1.30 bits per heavy atom. The van der Waals surface area contributed by atoms with Gasteiger partial charge in [0.15, 0.2) is 6.23 Å². The minimum absolute atomic E-state index is 0.0782. The fraction of sp³-hybridized carbons (Fsp3) is 0.560. The number of nitrogens with two attached hydrogens (primary N) is 1. The Labute approximate surface area is 229 Å². The van der Waals surface area contributed by atoms with Crippen LogP contribution in [0, 0.1) is 0 Å². The van der Waals surface area contributed by atoms with Gasteiger partial charge in [0.25, 0.3) is 5.85 Å². The molecule has 15 heteroatoms. The van der Waals surface area contributed by atoms with Crippen LogP contribution in [0.1, 0.15) is 52.2 Å². The van der Waals surface area contributed by atoms with Crippen LogP contribution in [0.5, 0.6) is 5.75 Å². The zero-order chi connectivity index (χ0) is 29.3. The van der Waals surface area contributed by atoms with Crippen molar-refractivity contribution in [2.45, 2.75) is 81.8 Å². The van der Waals surface area contributed by atoms with Gasteiger partial charge >= 0.3 is 19.4 Å². The largest absolute Gasteiger partial charge is 0.480 e. The number of alkyl halides is 1. The van der Waals surface area contributed by atoms with Gasteiger partial charge in [0.1, 0.15) is 35.9 Å². The fourth-order valence-corrected chi connectivity index (χ4v) is 7.27. The van der Waals surface area contributed by atoms with Crippen molar-refractivity contribution in [1.82, 2.24) is 14.2 Å². The number of aromatic nitrogens is 2. The van der Waals surface area contributed by atoms with E-state index in [-0.39, 0.29) is 11.6 Å². The third-order valence-corrected chi connectivity index (χ3v) is 9.38. The highest BCUT2D eigenvalue weighted by molar-refractivity contribution is 7.51. The van der Waals surface area contributed by atoms with Gasteiger partial charge in [-0.1, -0.05) is 37.5 Å². The Morgan fingerprint density at radius 3 is 2.55 bits per heavy atom. The number of benzene rings is 1. The summed E-state index contributed by atoms with van der Waals surface area (Å²) in [6, 6.07) is 7.21. The standard InChI is InChI=1S/C25H34FN4O9P/c1-16(20(31)32)30(17-9-5-3-6-10-17)40(36,39-18-11-7-4-8-12-18)37-15-25(26)21(33)24(2,35)22(38-25)29-14-13-19(27)28-23(29)34/h4,7-8,11-14,16-17,21-22,33,35H,3,5-6,9-10,15H2,1-2H3,(H,31,32)(H2,27,28,34)/t16-,21-,22+,24+,25+,40+/m0/s1. The lowest BCUT2D eigenvalue weighted by atomic mass is 9.95. The molecule has 220 valence electrons. The molecule has 1 saturated carbocycles. The highest BCUT2D eigenvalue weighted by atomic mass is 31.2. The van der Waals surface area contributed by atoms with Gasteiger partial charge in [-0.05, 0) is 44.9 Å². The van der Waals surface area contributed by atoms with E-state index in [4.69, 9.17) is 19.5 Å². The number of carboxylic acids is 1. The number of nitrogens with zero attached hydrogens (tertiary/aromatic N) is 3. The molecule has 5 N–H and O–H groups in total. The molecule has 2 aliphatic rings. The summed E-state index contributed by atoms with van der Waals surface area (Å²) < 4.78 is 49.4. The van der Waals surface area contributed by atoms with E-state index >= 15 is 4.39 Å². The molecule has 0 spiro atoms. The Hall–Kier alpha value is -2.87. The summed E-state index contributed by atoms with van der Waals surface area (Å²) in [5.74, 6) is -4.54. The fourth-order valence-electron chi connectivity index (χ4n) is 5.11. The van der Waals surface area contributed by atoms with Crippen LogP contribution >= 0.6 is 7.75 Å². The number of hydrogen-bond donors (Lipinski definition) is 4. The number of hydrogen-bond acceptors (Lipinski definition) is 10. The zero-order valence-electron chi connectivity index (χ0n) is 22.1. The summed E-state index contributed by atoms with van der Waals surface area (Å²) >= 11 is 0. The summed E-state index contributed by atoms with van der Waals surface area (Å²) in [7, 11) is -4.66. The first-order valence-corrected chi connectivity index (χ1v) is 14.4. The normalized spacial score (nSPS) is 29.6. The van der Waals surface area contributed by atoms with Crippen LogP contribution in [0.4, 0.5) is 10.2 Å². The molecule has 13 nitrogen and oxygen atoms in total. The molecule has 0 unspecified atom stereocenters. The van der Waals surface area contributed by atoms with E-state index in [0.29, 0.717) is 12.8 Å².